The molecule has 0 aromatic heterocycles. The second kappa shape index (κ2) is 6.73. The highest BCUT2D eigenvalue weighted by molar-refractivity contribution is 5.81. The van der Waals surface area contributed by atoms with Crippen molar-refractivity contribution in [1.29, 1.82) is 0 Å². The van der Waals surface area contributed by atoms with Gasteiger partial charge in [-0.3, -0.25) is 4.79 Å². The molecule has 1 amide bonds. The van der Waals surface area contributed by atoms with Gasteiger partial charge in [0.1, 0.15) is 0 Å². The van der Waals surface area contributed by atoms with Crippen molar-refractivity contribution in [3.63, 3.8) is 0 Å². The minimum absolute atomic E-state index is 0.126. The summed E-state index contributed by atoms with van der Waals surface area (Å²) in [6, 6.07) is 0. The van der Waals surface area contributed by atoms with Crippen LogP contribution in [0, 0.1) is 0 Å². The average molecular weight is 219 g/mol. The molecule has 0 radical (unpaired) electrons. The summed E-state index contributed by atoms with van der Waals surface area (Å²) in [4.78, 5) is 13.2. The highest BCUT2D eigenvalue weighted by atomic mass is 16.6. The van der Waals surface area contributed by atoms with E-state index >= 15 is 0 Å². The van der Waals surface area contributed by atoms with Crippen LogP contribution in [0.1, 0.15) is 0 Å². The van der Waals surface area contributed by atoms with Crippen molar-refractivity contribution in [2.75, 3.05) is 46.1 Å². The smallest absolute Gasteiger partial charge is 0.254 e. The molecule has 6 heteroatoms. The van der Waals surface area contributed by atoms with Gasteiger partial charge in [0.25, 0.3) is 5.91 Å². The van der Waals surface area contributed by atoms with Crippen LogP contribution in [-0.2, 0) is 14.3 Å². The summed E-state index contributed by atoms with van der Waals surface area (Å²) in [5.74, 6) is -0.238. The lowest BCUT2D eigenvalue weighted by Gasteiger charge is -2.28. The molecule has 1 aliphatic heterocycles. The Morgan fingerprint density at radius 2 is 1.93 bits per heavy atom. The largest absolute Gasteiger partial charge is 0.395 e. The lowest BCUT2D eigenvalue weighted by Crippen LogP contribution is -2.47. The van der Waals surface area contributed by atoms with E-state index in [1.54, 1.807) is 0 Å². The molecule has 2 N–H and O–H groups in total. The summed E-state index contributed by atoms with van der Waals surface area (Å²) in [6.45, 7) is 1.32. The van der Waals surface area contributed by atoms with Crippen LogP contribution in [0.3, 0.4) is 0 Å². The van der Waals surface area contributed by atoms with Gasteiger partial charge >= 0.3 is 0 Å². The number of ether oxygens (including phenoxy) is 2. The Morgan fingerprint density at radius 3 is 2.40 bits per heavy atom. The lowest BCUT2D eigenvalue weighted by molar-refractivity contribution is -0.158. The maximum Gasteiger partial charge on any atom is 0.254 e. The summed E-state index contributed by atoms with van der Waals surface area (Å²) in [7, 11) is 0. The predicted octanol–water partition coefficient (Wildman–Crippen LogP) is -1.78. The third-order valence-electron chi connectivity index (χ3n) is 2.14. The van der Waals surface area contributed by atoms with Crippen LogP contribution in [0.4, 0.5) is 0 Å². The zero-order valence-electron chi connectivity index (χ0n) is 8.59. The number of carbonyl (C=O) groups is 1. The van der Waals surface area contributed by atoms with Crippen molar-refractivity contribution >= 4 is 5.91 Å². The standard InChI is InChI=1S/C9H17NO5/c11-3-1-10(2-4-12)9(13)8-7-14-5-6-15-8/h8,11-12H,1-7H2. The maximum absolute atomic E-state index is 11.8. The molecular weight excluding hydrogens is 202 g/mol. The maximum atomic E-state index is 11.8. The van der Waals surface area contributed by atoms with Crippen LogP contribution in [-0.4, -0.2) is 73.2 Å². The second-order valence-corrected chi connectivity index (χ2v) is 3.21. The van der Waals surface area contributed by atoms with Gasteiger partial charge in [0, 0.05) is 13.1 Å². The van der Waals surface area contributed by atoms with Crippen molar-refractivity contribution < 1.29 is 24.5 Å². The molecule has 0 spiro atoms. The molecule has 0 aliphatic carbocycles. The molecule has 1 fully saturated rings. The number of amides is 1. The van der Waals surface area contributed by atoms with E-state index in [0.29, 0.717) is 13.2 Å². The highest BCUT2D eigenvalue weighted by Crippen LogP contribution is 2.05. The molecule has 6 nitrogen and oxygen atoms in total. The molecule has 1 unspecified atom stereocenters. The molecule has 1 aliphatic rings. The van der Waals surface area contributed by atoms with E-state index < -0.39 is 6.10 Å². The Bertz CT molecular complexity index is 187. The Morgan fingerprint density at radius 1 is 1.27 bits per heavy atom. The normalized spacial score (nSPS) is 21.3. The van der Waals surface area contributed by atoms with Crippen molar-refractivity contribution in [2.24, 2.45) is 0 Å². The van der Waals surface area contributed by atoms with E-state index in [4.69, 9.17) is 19.7 Å². The van der Waals surface area contributed by atoms with E-state index in [2.05, 4.69) is 0 Å². The molecule has 1 heterocycles. The summed E-state index contributed by atoms with van der Waals surface area (Å²) in [5, 5.41) is 17.5. The molecule has 15 heavy (non-hydrogen) atoms. The molecule has 0 bridgehead atoms. The summed E-state index contributed by atoms with van der Waals surface area (Å²) < 4.78 is 10.3. The number of carbonyl (C=O) groups excluding carboxylic acids is 1. The summed E-state index contributed by atoms with van der Waals surface area (Å²) >= 11 is 0. The Labute approximate surface area is 88.4 Å². The lowest BCUT2D eigenvalue weighted by atomic mass is 10.3. The highest BCUT2D eigenvalue weighted by Gasteiger charge is 2.26. The van der Waals surface area contributed by atoms with E-state index in [9.17, 15) is 4.79 Å². The fourth-order valence-corrected chi connectivity index (χ4v) is 1.41. The zero-order valence-corrected chi connectivity index (χ0v) is 8.59. The molecule has 88 valence electrons. The fraction of sp³-hybridized carbons (Fsp3) is 0.889. The number of aliphatic hydroxyl groups excluding tert-OH is 2. The fourth-order valence-electron chi connectivity index (χ4n) is 1.41. The molecule has 0 saturated carbocycles. The van der Waals surface area contributed by atoms with Gasteiger partial charge in [0.05, 0.1) is 33.0 Å². The van der Waals surface area contributed by atoms with E-state index in [1.165, 1.54) is 4.90 Å². The van der Waals surface area contributed by atoms with E-state index in [0.717, 1.165) is 0 Å². The Balaban J connectivity index is 2.45. The van der Waals surface area contributed by atoms with Gasteiger partial charge in [0.15, 0.2) is 6.10 Å². The van der Waals surface area contributed by atoms with Crippen LogP contribution < -0.4 is 0 Å². The molecule has 1 saturated heterocycles. The Hall–Kier alpha value is -0.690. The van der Waals surface area contributed by atoms with Gasteiger partial charge in [0.2, 0.25) is 0 Å². The third kappa shape index (κ3) is 3.75. The number of nitrogens with zero attached hydrogens (tertiary/aromatic N) is 1. The molecule has 1 atom stereocenters. The topological polar surface area (TPSA) is 79.2 Å². The first-order valence-corrected chi connectivity index (χ1v) is 4.99. The first kappa shape index (κ1) is 12.4. The molecule has 1 rings (SSSR count). The van der Waals surface area contributed by atoms with Crippen molar-refractivity contribution in [1.82, 2.24) is 4.90 Å². The third-order valence-corrected chi connectivity index (χ3v) is 2.14. The van der Waals surface area contributed by atoms with Crippen molar-refractivity contribution in [2.45, 2.75) is 6.10 Å². The first-order valence-electron chi connectivity index (χ1n) is 4.99. The SMILES string of the molecule is O=C(C1COCCO1)N(CCO)CCO. The van der Waals surface area contributed by atoms with Crippen LogP contribution in [0.5, 0.6) is 0 Å². The van der Waals surface area contributed by atoms with Gasteiger partial charge in [-0.05, 0) is 0 Å². The van der Waals surface area contributed by atoms with Gasteiger partial charge in [-0.2, -0.15) is 0 Å². The predicted molar refractivity (Wildman–Crippen MR) is 51.3 cm³/mol. The average Bonchev–Trinajstić information content (AvgIpc) is 2.29. The van der Waals surface area contributed by atoms with E-state index in [1.807, 2.05) is 0 Å². The zero-order chi connectivity index (χ0) is 11.1. The number of aliphatic hydroxyl groups is 2. The van der Waals surface area contributed by atoms with Gasteiger partial charge in [-0.25, -0.2) is 0 Å². The van der Waals surface area contributed by atoms with Crippen molar-refractivity contribution in [3.05, 3.63) is 0 Å². The van der Waals surface area contributed by atoms with Gasteiger partial charge in [-0.15, -0.1) is 0 Å². The van der Waals surface area contributed by atoms with Crippen LogP contribution in [0.15, 0.2) is 0 Å². The van der Waals surface area contributed by atoms with Gasteiger partial charge < -0.3 is 24.6 Å². The number of rotatable bonds is 5. The van der Waals surface area contributed by atoms with Crippen LogP contribution in [0.25, 0.3) is 0 Å². The van der Waals surface area contributed by atoms with E-state index in [-0.39, 0.29) is 38.8 Å². The van der Waals surface area contributed by atoms with Crippen LogP contribution >= 0.6 is 0 Å². The van der Waals surface area contributed by atoms with Crippen molar-refractivity contribution in [3.8, 4) is 0 Å². The summed E-state index contributed by atoms with van der Waals surface area (Å²) in [6.07, 6.45) is -0.600. The van der Waals surface area contributed by atoms with Gasteiger partial charge in [-0.1, -0.05) is 0 Å². The number of hydrogen-bond donors (Lipinski definition) is 2. The molecule has 0 aromatic carbocycles. The molecule has 0 aromatic rings. The Kier molecular flexibility index (Phi) is 5.56. The number of hydrogen-bond acceptors (Lipinski definition) is 5. The minimum atomic E-state index is -0.600. The monoisotopic (exact) mass is 219 g/mol. The summed E-state index contributed by atoms with van der Waals surface area (Å²) in [5.41, 5.74) is 0. The minimum Gasteiger partial charge on any atom is -0.395 e. The van der Waals surface area contributed by atoms with Crippen LogP contribution in [0.2, 0.25) is 0 Å². The quantitative estimate of drug-likeness (QED) is 0.571. The second-order valence-electron chi connectivity index (χ2n) is 3.21. The first-order chi connectivity index (χ1) is 7.29. The molecular formula is C9H17NO5.